The van der Waals surface area contributed by atoms with Crippen LogP contribution in [0.4, 0.5) is 0 Å². The van der Waals surface area contributed by atoms with Gasteiger partial charge in [-0.25, -0.2) is 0 Å². The van der Waals surface area contributed by atoms with Crippen molar-refractivity contribution in [2.75, 3.05) is 13.2 Å². The zero-order valence-electron chi connectivity index (χ0n) is 10.8. The van der Waals surface area contributed by atoms with Gasteiger partial charge in [0.1, 0.15) is 6.61 Å². The Hall–Kier alpha value is -0.150. The van der Waals surface area contributed by atoms with E-state index < -0.39 is 0 Å². The summed E-state index contributed by atoms with van der Waals surface area (Å²) < 4.78 is 5.57. The van der Waals surface area contributed by atoms with E-state index in [1.807, 2.05) is 0 Å². The van der Waals surface area contributed by atoms with Crippen molar-refractivity contribution in [2.24, 2.45) is 5.92 Å². The Kier molecular flexibility index (Phi) is 6.58. The molecular formula is C13H18Cl3NO. The number of nitrogens with one attached hydrogen (secondary N) is 1. The van der Waals surface area contributed by atoms with Crippen LogP contribution in [0.3, 0.4) is 0 Å². The molecule has 18 heavy (non-hydrogen) atoms. The highest BCUT2D eigenvalue weighted by Crippen LogP contribution is 2.35. The molecule has 0 aromatic heterocycles. The van der Waals surface area contributed by atoms with Crippen molar-refractivity contribution in [2.45, 2.75) is 26.8 Å². The zero-order valence-corrected chi connectivity index (χ0v) is 13.0. The van der Waals surface area contributed by atoms with Crippen molar-refractivity contribution in [3.05, 3.63) is 27.2 Å². The maximum Gasteiger partial charge on any atom is 0.156 e. The van der Waals surface area contributed by atoms with Crippen molar-refractivity contribution < 1.29 is 4.74 Å². The molecule has 5 heteroatoms. The Morgan fingerprint density at radius 1 is 1.11 bits per heavy atom. The summed E-state index contributed by atoms with van der Waals surface area (Å²) in [6, 6.07) is 3.69. The lowest BCUT2D eigenvalue weighted by molar-refractivity contribution is 0.297. The number of benzene rings is 1. The highest BCUT2D eigenvalue weighted by Gasteiger charge is 2.10. The molecule has 1 unspecified atom stereocenters. The highest BCUT2D eigenvalue weighted by atomic mass is 35.5. The topological polar surface area (TPSA) is 21.3 Å². The number of hydrogen-bond donors (Lipinski definition) is 1. The molecular weight excluding hydrogens is 293 g/mol. The first-order valence-electron chi connectivity index (χ1n) is 5.92. The molecule has 0 heterocycles. The molecule has 0 spiro atoms. The minimum atomic E-state index is 0.435. The van der Waals surface area contributed by atoms with Crippen molar-refractivity contribution in [1.29, 1.82) is 0 Å². The second-order valence-electron chi connectivity index (χ2n) is 4.53. The van der Waals surface area contributed by atoms with Gasteiger partial charge in [0, 0.05) is 17.6 Å². The fourth-order valence-corrected chi connectivity index (χ4v) is 2.27. The standard InChI is InChI=1S/C13H18Cl3NO/c1-8(2)9(3)17-4-5-18-13-11(15)6-10(14)7-12(13)16/h6-9,17H,4-5H2,1-3H3. The van der Waals surface area contributed by atoms with E-state index in [9.17, 15) is 0 Å². The van der Waals surface area contributed by atoms with Crippen LogP contribution in [0.25, 0.3) is 0 Å². The molecule has 0 aliphatic rings. The molecule has 1 atom stereocenters. The summed E-state index contributed by atoms with van der Waals surface area (Å²) in [5.74, 6) is 1.08. The number of ether oxygens (including phenoxy) is 1. The molecule has 0 amide bonds. The highest BCUT2D eigenvalue weighted by molar-refractivity contribution is 6.40. The Morgan fingerprint density at radius 3 is 2.17 bits per heavy atom. The van der Waals surface area contributed by atoms with Crippen LogP contribution in [-0.2, 0) is 0 Å². The van der Waals surface area contributed by atoms with Crippen LogP contribution >= 0.6 is 34.8 Å². The van der Waals surface area contributed by atoms with Gasteiger partial charge in [-0.15, -0.1) is 0 Å². The lowest BCUT2D eigenvalue weighted by Crippen LogP contribution is -2.33. The molecule has 0 bridgehead atoms. The lowest BCUT2D eigenvalue weighted by Gasteiger charge is -2.18. The van der Waals surface area contributed by atoms with Gasteiger partial charge in [0.05, 0.1) is 10.0 Å². The average Bonchev–Trinajstić information content (AvgIpc) is 2.26. The summed E-state index contributed by atoms with van der Waals surface area (Å²) in [7, 11) is 0. The quantitative estimate of drug-likeness (QED) is 0.772. The van der Waals surface area contributed by atoms with Crippen molar-refractivity contribution in [3.8, 4) is 5.75 Å². The average molecular weight is 311 g/mol. The van der Waals surface area contributed by atoms with E-state index in [0.717, 1.165) is 6.54 Å². The predicted molar refractivity (Wildman–Crippen MR) is 79.3 cm³/mol. The molecule has 2 nitrogen and oxygen atoms in total. The minimum absolute atomic E-state index is 0.435. The van der Waals surface area contributed by atoms with Gasteiger partial charge in [-0.3, -0.25) is 0 Å². The Bertz CT molecular complexity index is 373. The van der Waals surface area contributed by atoms with Crippen molar-refractivity contribution in [1.82, 2.24) is 5.32 Å². The summed E-state index contributed by atoms with van der Waals surface area (Å²) in [5, 5.41) is 4.74. The molecule has 0 saturated heterocycles. The van der Waals surface area contributed by atoms with E-state index in [0.29, 0.717) is 39.4 Å². The van der Waals surface area contributed by atoms with E-state index in [1.165, 1.54) is 0 Å². The summed E-state index contributed by atoms with van der Waals surface area (Å²) in [6.45, 7) is 7.75. The van der Waals surface area contributed by atoms with Crippen molar-refractivity contribution >= 4 is 34.8 Å². The second-order valence-corrected chi connectivity index (χ2v) is 5.78. The second kappa shape index (κ2) is 7.44. The molecule has 1 N–H and O–H groups in total. The fourth-order valence-electron chi connectivity index (χ4n) is 1.34. The normalized spacial score (nSPS) is 12.8. The molecule has 1 aromatic carbocycles. The first kappa shape index (κ1) is 15.9. The monoisotopic (exact) mass is 309 g/mol. The number of halogens is 3. The zero-order chi connectivity index (χ0) is 13.7. The van der Waals surface area contributed by atoms with Crippen LogP contribution < -0.4 is 10.1 Å². The van der Waals surface area contributed by atoms with E-state index >= 15 is 0 Å². The van der Waals surface area contributed by atoms with Gasteiger partial charge >= 0.3 is 0 Å². The maximum atomic E-state index is 6.01. The van der Waals surface area contributed by atoms with E-state index in [-0.39, 0.29) is 0 Å². The van der Waals surface area contributed by atoms with Crippen LogP contribution in [-0.4, -0.2) is 19.2 Å². The third kappa shape index (κ3) is 4.85. The molecule has 0 saturated carbocycles. The van der Waals surface area contributed by atoms with E-state index in [2.05, 4.69) is 26.1 Å². The summed E-state index contributed by atoms with van der Waals surface area (Å²) in [5.41, 5.74) is 0. The third-order valence-electron chi connectivity index (χ3n) is 2.78. The molecule has 1 aromatic rings. The van der Waals surface area contributed by atoms with Crippen LogP contribution in [0, 0.1) is 5.92 Å². The molecule has 0 aliphatic heterocycles. The van der Waals surface area contributed by atoms with Crippen LogP contribution in [0.15, 0.2) is 12.1 Å². The van der Waals surface area contributed by atoms with Crippen LogP contribution in [0.5, 0.6) is 5.75 Å². The molecule has 102 valence electrons. The summed E-state index contributed by atoms with van der Waals surface area (Å²) >= 11 is 17.8. The minimum Gasteiger partial charge on any atom is -0.489 e. The molecule has 0 radical (unpaired) electrons. The van der Waals surface area contributed by atoms with Gasteiger partial charge in [0.15, 0.2) is 5.75 Å². The lowest BCUT2D eigenvalue weighted by atomic mass is 10.1. The first-order valence-corrected chi connectivity index (χ1v) is 7.06. The van der Waals surface area contributed by atoms with E-state index in [4.69, 9.17) is 39.5 Å². The van der Waals surface area contributed by atoms with E-state index in [1.54, 1.807) is 12.1 Å². The Labute approximate surface area is 124 Å². The van der Waals surface area contributed by atoms with Gasteiger partial charge in [-0.1, -0.05) is 48.7 Å². The Balaban J connectivity index is 2.45. The Morgan fingerprint density at radius 2 is 1.67 bits per heavy atom. The van der Waals surface area contributed by atoms with Crippen LogP contribution in [0.2, 0.25) is 15.1 Å². The molecule has 0 aliphatic carbocycles. The van der Waals surface area contributed by atoms with Gasteiger partial charge in [-0.05, 0) is 25.0 Å². The number of rotatable bonds is 6. The maximum absolute atomic E-state index is 6.01. The van der Waals surface area contributed by atoms with Gasteiger partial charge in [0.25, 0.3) is 0 Å². The molecule has 0 fully saturated rings. The third-order valence-corrected chi connectivity index (χ3v) is 3.56. The van der Waals surface area contributed by atoms with Gasteiger partial charge in [0.2, 0.25) is 0 Å². The van der Waals surface area contributed by atoms with Crippen LogP contribution in [0.1, 0.15) is 20.8 Å². The fraction of sp³-hybridized carbons (Fsp3) is 0.538. The molecule has 1 rings (SSSR count). The SMILES string of the molecule is CC(C)C(C)NCCOc1c(Cl)cc(Cl)cc1Cl. The van der Waals surface area contributed by atoms with Gasteiger partial charge in [-0.2, -0.15) is 0 Å². The summed E-state index contributed by atoms with van der Waals surface area (Å²) in [6.07, 6.45) is 0. The van der Waals surface area contributed by atoms with Gasteiger partial charge < -0.3 is 10.1 Å². The predicted octanol–water partition coefficient (Wildman–Crippen LogP) is 4.66. The first-order chi connectivity index (χ1) is 8.41. The summed E-state index contributed by atoms with van der Waals surface area (Å²) in [4.78, 5) is 0. The van der Waals surface area contributed by atoms with Crippen molar-refractivity contribution in [3.63, 3.8) is 0 Å². The smallest absolute Gasteiger partial charge is 0.156 e. The number of hydrogen-bond acceptors (Lipinski definition) is 2. The largest absolute Gasteiger partial charge is 0.489 e.